The largest absolute Gasteiger partial charge is 0.493 e. The second-order valence-electron chi connectivity index (χ2n) is 5.59. The minimum Gasteiger partial charge on any atom is -0.493 e. The third-order valence-corrected chi connectivity index (χ3v) is 3.79. The van der Waals surface area contributed by atoms with Gasteiger partial charge in [-0.15, -0.1) is 12.4 Å². The normalized spacial score (nSPS) is 9.89. The predicted octanol–water partition coefficient (Wildman–Crippen LogP) is 3.04. The second kappa shape index (κ2) is 12.0. The van der Waals surface area contributed by atoms with E-state index in [0.717, 1.165) is 18.7 Å². The molecule has 0 spiro atoms. The van der Waals surface area contributed by atoms with Crippen LogP contribution in [0.1, 0.15) is 22.8 Å². The van der Waals surface area contributed by atoms with E-state index < -0.39 is 0 Å². The Hall–Kier alpha value is -2.44. The highest BCUT2D eigenvalue weighted by atomic mass is 35.5. The molecule has 0 bridgehead atoms. The first-order chi connectivity index (χ1) is 12.7. The summed E-state index contributed by atoms with van der Waals surface area (Å²) in [7, 11) is 3.08. The molecule has 148 valence electrons. The lowest BCUT2D eigenvalue weighted by atomic mass is 10.1. The topological polar surface area (TPSA) is 68.8 Å². The summed E-state index contributed by atoms with van der Waals surface area (Å²) in [6.07, 6.45) is 0. The monoisotopic (exact) mass is 394 g/mol. The second-order valence-corrected chi connectivity index (χ2v) is 5.59. The minimum atomic E-state index is -0.186. The van der Waals surface area contributed by atoms with Crippen LogP contribution in [0.5, 0.6) is 17.2 Å². The molecule has 2 N–H and O–H groups in total. The Kier molecular flexibility index (Phi) is 10.1. The van der Waals surface area contributed by atoms with E-state index in [0.29, 0.717) is 36.0 Å². The van der Waals surface area contributed by atoms with Gasteiger partial charge in [0.25, 0.3) is 5.91 Å². The Labute approximate surface area is 166 Å². The van der Waals surface area contributed by atoms with Crippen molar-refractivity contribution in [3.05, 3.63) is 53.6 Å². The molecule has 0 fully saturated rings. The molecule has 0 aliphatic carbocycles. The lowest BCUT2D eigenvalue weighted by molar-refractivity contribution is 0.0953. The fourth-order valence-electron chi connectivity index (χ4n) is 2.43. The molecule has 0 atom stereocenters. The van der Waals surface area contributed by atoms with E-state index in [1.807, 2.05) is 37.3 Å². The van der Waals surface area contributed by atoms with Gasteiger partial charge in [0, 0.05) is 18.7 Å². The Bertz CT molecular complexity index is 685. The molecule has 0 saturated heterocycles. The van der Waals surface area contributed by atoms with Crippen LogP contribution in [0.2, 0.25) is 0 Å². The Morgan fingerprint density at radius 2 is 1.63 bits per heavy atom. The molecule has 0 aromatic heterocycles. The maximum absolute atomic E-state index is 12.3. The van der Waals surface area contributed by atoms with Gasteiger partial charge < -0.3 is 24.8 Å². The molecule has 6 nitrogen and oxygen atoms in total. The predicted molar refractivity (Wildman–Crippen MR) is 108 cm³/mol. The third-order valence-electron chi connectivity index (χ3n) is 3.79. The summed E-state index contributed by atoms with van der Waals surface area (Å²) in [4.78, 5) is 12.3. The number of likely N-dealkylation sites (N-methyl/N-ethyl adjacent to an activating group) is 1. The summed E-state index contributed by atoms with van der Waals surface area (Å²) < 4.78 is 16.7. The average molecular weight is 395 g/mol. The van der Waals surface area contributed by atoms with Crippen LogP contribution in [0.25, 0.3) is 0 Å². The Morgan fingerprint density at radius 3 is 2.19 bits per heavy atom. The molecule has 2 aromatic rings. The van der Waals surface area contributed by atoms with Crippen molar-refractivity contribution in [2.24, 2.45) is 0 Å². The van der Waals surface area contributed by atoms with Gasteiger partial charge in [-0.05, 0) is 24.2 Å². The molecule has 0 aliphatic heterocycles. The number of carbonyl (C=O) groups excluding carboxylic acids is 1. The zero-order chi connectivity index (χ0) is 18.8. The van der Waals surface area contributed by atoms with Crippen LogP contribution in [0.3, 0.4) is 0 Å². The van der Waals surface area contributed by atoms with Crippen LogP contribution in [-0.2, 0) is 6.61 Å². The summed E-state index contributed by atoms with van der Waals surface area (Å²) in [5, 5.41) is 6.02. The van der Waals surface area contributed by atoms with Gasteiger partial charge in [0.15, 0.2) is 11.5 Å². The minimum absolute atomic E-state index is 0. The highest BCUT2D eigenvalue weighted by Crippen LogP contribution is 2.39. The van der Waals surface area contributed by atoms with Crippen molar-refractivity contribution in [1.29, 1.82) is 0 Å². The number of methoxy groups -OCH3 is 2. The van der Waals surface area contributed by atoms with Crippen molar-refractivity contribution in [1.82, 2.24) is 10.6 Å². The molecule has 27 heavy (non-hydrogen) atoms. The number of amides is 1. The van der Waals surface area contributed by atoms with E-state index in [9.17, 15) is 4.79 Å². The number of rotatable bonds is 10. The molecule has 0 radical (unpaired) electrons. The molecule has 2 aromatic carbocycles. The molecule has 0 heterocycles. The van der Waals surface area contributed by atoms with E-state index in [4.69, 9.17) is 14.2 Å². The van der Waals surface area contributed by atoms with Crippen LogP contribution in [0.4, 0.5) is 0 Å². The molecular weight excluding hydrogens is 368 g/mol. The van der Waals surface area contributed by atoms with E-state index in [1.54, 1.807) is 12.1 Å². The summed E-state index contributed by atoms with van der Waals surface area (Å²) in [6, 6.07) is 13.1. The molecule has 7 heteroatoms. The van der Waals surface area contributed by atoms with Gasteiger partial charge in [-0.3, -0.25) is 4.79 Å². The van der Waals surface area contributed by atoms with Gasteiger partial charge in [-0.2, -0.15) is 0 Å². The van der Waals surface area contributed by atoms with Gasteiger partial charge in [-0.25, -0.2) is 0 Å². The van der Waals surface area contributed by atoms with E-state index in [-0.39, 0.29) is 18.3 Å². The van der Waals surface area contributed by atoms with Crippen LogP contribution in [-0.4, -0.2) is 39.8 Å². The van der Waals surface area contributed by atoms with Crippen molar-refractivity contribution in [3.8, 4) is 17.2 Å². The summed E-state index contributed by atoms with van der Waals surface area (Å²) in [6.45, 7) is 4.52. The molecule has 2 rings (SSSR count). The van der Waals surface area contributed by atoms with Crippen molar-refractivity contribution < 1.29 is 19.0 Å². The van der Waals surface area contributed by atoms with Crippen molar-refractivity contribution in [2.45, 2.75) is 13.5 Å². The van der Waals surface area contributed by atoms with Crippen LogP contribution >= 0.6 is 12.4 Å². The summed E-state index contributed by atoms with van der Waals surface area (Å²) in [5.74, 6) is 1.20. The van der Waals surface area contributed by atoms with Gasteiger partial charge >= 0.3 is 0 Å². The number of hydrogen-bond donors (Lipinski definition) is 2. The Balaban J connectivity index is 0.00000364. The highest BCUT2D eigenvalue weighted by Gasteiger charge is 2.17. The molecule has 0 aliphatic rings. The zero-order valence-electron chi connectivity index (χ0n) is 15.9. The molecular formula is C20H27ClN2O4. The first-order valence-electron chi connectivity index (χ1n) is 8.61. The lowest BCUT2D eigenvalue weighted by Crippen LogP contribution is -2.31. The molecule has 0 saturated carbocycles. The quantitative estimate of drug-likeness (QED) is 0.606. The van der Waals surface area contributed by atoms with Gasteiger partial charge in [0.2, 0.25) is 5.75 Å². The molecule has 0 unspecified atom stereocenters. The fraction of sp³-hybridized carbons (Fsp3) is 0.350. The van der Waals surface area contributed by atoms with E-state index in [2.05, 4.69) is 10.6 Å². The van der Waals surface area contributed by atoms with Gasteiger partial charge in [0.1, 0.15) is 6.61 Å². The van der Waals surface area contributed by atoms with Crippen LogP contribution in [0, 0.1) is 0 Å². The maximum atomic E-state index is 12.3. The van der Waals surface area contributed by atoms with Crippen molar-refractivity contribution >= 4 is 18.3 Å². The first-order valence-corrected chi connectivity index (χ1v) is 8.61. The standard InChI is InChI=1S/C20H26N2O4.ClH/c1-4-21-10-11-22-20(23)16-12-17(24-2)19(18(13-16)25-3)26-14-15-8-6-5-7-9-15;/h5-9,12-13,21H,4,10-11,14H2,1-3H3,(H,22,23);1H. The van der Waals surface area contributed by atoms with Gasteiger partial charge in [0.05, 0.1) is 14.2 Å². The van der Waals surface area contributed by atoms with E-state index >= 15 is 0 Å². The number of nitrogens with one attached hydrogen (secondary N) is 2. The third kappa shape index (κ3) is 6.66. The maximum Gasteiger partial charge on any atom is 0.251 e. The number of carbonyl (C=O) groups is 1. The van der Waals surface area contributed by atoms with Crippen molar-refractivity contribution in [2.75, 3.05) is 33.9 Å². The van der Waals surface area contributed by atoms with Crippen LogP contribution < -0.4 is 24.8 Å². The first kappa shape index (κ1) is 22.6. The number of halogens is 1. The highest BCUT2D eigenvalue weighted by molar-refractivity contribution is 5.95. The smallest absolute Gasteiger partial charge is 0.251 e. The molecule has 1 amide bonds. The summed E-state index contributed by atoms with van der Waals surface area (Å²) >= 11 is 0. The number of hydrogen-bond acceptors (Lipinski definition) is 5. The van der Waals surface area contributed by atoms with Crippen molar-refractivity contribution in [3.63, 3.8) is 0 Å². The van der Waals surface area contributed by atoms with Crippen LogP contribution in [0.15, 0.2) is 42.5 Å². The number of benzene rings is 2. The van der Waals surface area contributed by atoms with Gasteiger partial charge in [-0.1, -0.05) is 37.3 Å². The van der Waals surface area contributed by atoms with E-state index in [1.165, 1.54) is 14.2 Å². The lowest BCUT2D eigenvalue weighted by Gasteiger charge is -2.16. The number of ether oxygens (including phenoxy) is 3. The fourth-order valence-corrected chi connectivity index (χ4v) is 2.43. The zero-order valence-corrected chi connectivity index (χ0v) is 16.7. The summed E-state index contributed by atoms with van der Waals surface area (Å²) in [5.41, 5.74) is 1.49. The SMILES string of the molecule is CCNCCNC(=O)c1cc(OC)c(OCc2ccccc2)c(OC)c1.Cl. The average Bonchev–Trinajstić information content (AvgIpc) is 2.69. The Morgan fingerprint density at radius 1 is 1.00 bits per heavy atom.